The molecule has 1 aromatic rings. The van der Waals surface area contributed by atoms with Crippen molar-refractivity contribution >= 4 is 16.7 Å². The quantitative estimate of drug-likeness (QED) is 0.799. The van der Waals surface area contributed by atoms with Gasteiger partial charge in [0.15, 0.2) is 0 Å². The van der Waals surface area contributed by atoms with Crippen molar-refractivity contribution in [1.82, 2.24) is 5.32 Å². The first-order valence-corrected chi connectivity index (χ1v) is 8.54. The van der Waals surface area contributed by atoms with Crippen LogP contribution >= 0.6 is 0 Å². The van der Waals surface area contributed by atoms with Crippen LogP contribution in [0.5, 0.6) is 0 Å². The number of hydrogen-bond acceptors (Lipinski definition) is 3. The summed E-state index contributed by atoms with van der Waals surface area (Å²) in [5, 5.41) is 3.03. The molecule has 0 saturated carbocycles. The molecule has 1 fully saturated rings. The van der Waals surface area contributed by atoms with Crippen LogP contribution in [0.15, 0.2) is 18.2 Å². The zero-order chi connectivity index (χ0) is 15.2. The van der Waals surface area contributed by atoms with Gasteiger partial charge in [-0.05, 0) is 31.9 Å². The average Bonchev–Trinajstić information content (AvgIpc) is 2.48. The lowest BCUT2D eigenvalue weighted by Crippen LogP contribution is -2.39. The predicted octanol–water partition coefficient (Wildman–Crippen LogP) is 0.946. The first kappa shape index (κ1) is 15.7. The smallest absolute Gasteiger partial charge is 0.252 e. The van der Waals surface area contributed by atoms with E-state index in [1.54, 1.807) is 0 Å². The van der Waals surface area contributed by atoms with E-state index in [1.807, 2.05) is 25.1 Å². The van der Waals surface area contributed by atoms with Crippen molar-refractivity contribution in [2.45, 2.75) is 25.8 Å². The number of carbonyl (C=O) groups is 1. The highest BCUT2D eigenvalue weighted by molar-refractivity contribution is 7.85. The van der Waals surface area contributed by atoms with Crippen molar-refractivity contribution in [1.29, 1.82) is 0 Å². The van der Waals surface area contributed by atoms with Crippen LogP contribution in [-0.4, -0.2) is 34.2 Å². The fraction of sp³-hybridized carbons (Fsp3) is 0.438. The first-order valence-electron chi connectivity index (χ1n) is 7.05. The molecule has 2 rings (SSSR count). The Kier molecular flexibility index (Phi) is 5.54. The summed E-state index contributed by atoms with van der Waals surface area (Å²) < 4.78 is 11.3. The van der Waals surface area contributed by atoms with Crippen LogP contribution in [-0.2, 0) is 10.8 Å². The van der Waals surface area contributed by atoms with E-state index in [-0.39, 0.29) is 18.5 Å². The summed E-state index contributed by atoms with van der Waals surface area (Å²) in [5.74, 6) is 6.94. The highest BCUT2D eigenvalue weighted by Crippen LogP contribution is 2.14. The van der Waals surface area contributed by atoms with Gasteiger partial charge in [0.05, 0.1) is 12.1 Å². The summed E-state index contributed by atoms with van der Waals surface area (Å²) in [6.07, 6.45) is 1.54. The summed E-state index contributed by atoms with van der Waals surface area (Å²) >= 11 is 0. The molecule has 1 aliphatic rings. The third kappa shape index (κ3) is 4.42. The lowest BCUT2D eigenvalue weighted by atomic mass is 10.0. The molecule has 21 heavy (non-hydrogen) atoms. The van der Waals surface area contributed by atoms with Crippen LogP contribution in [0.1, 0.15) is 34.3 Å². The van der Waals surface area contributed by atoms with E-state index in [1.165, 1.54) is 0 Å². The van der Waals surface area contributed by atoms with Gasteiger partial charge in [0.2, 0.25) is 0 Å². The summed E-state index contributed by atoms with van der Waals surface area (Å²) in [6.45, 7) is 2.21. The van der Waals surface area contributed by atoms with E-state index in [9.17, 15) is 9.00 Å². The third-order valence-corrected chi connectivity index (χ3v) is 4.85. The largest absolute Gasteiger partial charge is 0.349 e. The van der Waals surface area contributed by atoms with E-state index >= 15 is 0 Å². The third-order valence-electron chi connectivity index (χ3n) is 3.47. The Balaban J connectivity index is 2.14. The molecule has 0 spiro atoms. The molecule has 0 atom stereocenters. The second-order valence-electron chi connectivity index (χ2n) is 5.15. The minimum Gasteiger partial charge on any atom is -0.349 e. The van der Waals surface area contributed by atoms with Gasteiger partial charge in [-0.3, -0.25) is 9.00 Å². The highest BCUT2D eigenvalue weighted by atomic mass is 32.2. The monoisotopic (exact) mass is 304 g/mol. The molecule has 0 bridgehead atoms. The number of hydrogen-bond donors (Lipinski definition) is 2. The lowest BCUT2D eigenvalue weighted by Gasteiger charge is -2.22. The van der Waals surface area contributed by atoms with Gasteiger partial charge in [0.1, 0.15) is 0 Å². The van der Waals surface area contributed by atoms with Crippen molar-refractivity contribution in [3.63, 3.8) is 0 Å². The van der Waals surface area contributed by atoms with Gasteiger partial charge in [-0.1, -0.05) is 23.5 Å². The Hall–Kier alpha value is -1.64. The van der Waals surface area contributed by atoms with Crippen molar-refractivity contribution in [2.24, 2.45) is 5.73 Å². The molecule has 3 N–H and O–H groups in total. The summed E-state index contributed by atoms with van der Waals surface area (Å²) in [4.78, 5) is 12.4. The van der Waals surface area contributed by atoms with E-state index in [2.05, 4.69) is 17.2 Å². The van der Waals surface area contributed by atoms with Gasteiger partial charge in [-0.25, -0.2) is 0 Å². The molecule has 4 nitrogen and oxygen atoms in total. The fourth-order valence-corrected chi connectivity index (χ4v) is 3.60. The maximum Gasteiger partial charge on any atom is 0.252 e. The topological polar surface area (TPSA) is 72.2 Å². The minimum atomic E-state index is -0.720. The molecular weight excluding hydrogens is 284 g/mol. The summed E-state index contributed by atoms with van der Waals surface area (Å²) in [5.41, 5.74) is 7.69. The Labute approximate surface area is 127 Å². The Bertz CT molecular complexity index is 606. The van der Waals surface area contributed by atoms with E-state index < -0.39 is 10.8 Å². The minimum absolute atomic E-state index is 0.103. The van der Waals surface area contributed by atoms with Gasteiger partial charge >= 0.3 is 0 Å². The summed E-state index contributed by atoms with van der Waals surface area (Å²) in [6, 6.07) is 5.73. The molecular formula is C16H20N2O2S. The molecule has 0 radical (unpaired) electrons. The molecule has 0 unspecified atom stereocenters. The molecule has 1 amide bonds. The number of nitrogens with two attached hydrogens (primary N) is 1. The van der Waals surface area contributed by atoms with Crippen LogP contribution in [0, 0.1) is 18.8 Å². The predicted molar refractivity (Wildman–Crippen MR) is 85.5 cm³/mol. The second kappa shape index (κ2) is 7.39. The average molecular weight is 304 g/mol. The summed E-state index contributed by atoms with van der Waals surface area (Å²) in [7, 11) is -0.720. The highest BCUT2D eigenvalue weighted by Gasteiger charge is 2.21. The van der Waals surface area contributed by atoms with Crippen molar-refractivity contribution in [3.05, 3.63) is 34.9 Å². The van der Waals surface area contributed by atoms with E-state index in [4.69, 9.17) is 5.73 Å². The van der Waals surface area contributed by atoms with Gasteiger partial charge in [0, 0.05) is 33.9 Å². The van der Waals surface area contributed by atoms with E-state index in [0.717, 1.165) is 18.4 Å². The zero-order valence-corrected chi connectivity index (χ0v) is 13.0. The van der Waals surface area contributed by atoms with Gasteiger partial charge in [0.25, 0.3) is 5.91 Å². The molecule has 1 aromatic carbocycles. The van der Waals surface area contributed by atoms with Gasteiger partial charge in [-0.15, -0.1) is 0 Å². The molecule has 5 heteroatoms. The lowest BCUT2D eigenvalue weighted by molar-refractivity contribution is 0.0934. The molecule has 1 heterocycles. The number of amides is 1. The maximum atomic E-state index is 12.4. The SMILES string of the molecule is Cc1ccc(C#CCN)c(C(=O)NC2CCS(=O)CC2)c1. The number of carbonyl (C=O) groups excluding carboxylic acids is 1. The fourth-order valence-electron chi connectivity index (χ4n) is 2.30. The van der Waals surface area contributed by atoms with Crippen molar-refractivity contribution in [3.8, 4) is 11.8 Å². The van der Waals surface area contributed by atoms with Crippen molar-refractivity contribution in [2.75, 3.05) is 18.1 Å². The van der Waals surface area contributed by atoms with Crippen LogP contribution in [0.3, 0.4) is 0 Å². The van der Waals surface area contributed by atoms with Crippen LogP contribution in [0.2, 0.25) is 0 Å². The number of benzene rings is 1. The van der Waals surface area contributed by atoms with E-state index in [0.29, 0.717) is 22.6 Å². The Morgan fingerprint density at radius 3 is 2.81 bits per heavy atom. The molecule has 112 valence electrons. The van der Waals surface area contributed by atoms with Crippen LogP contribution in [0.25, 0.3) is 0 Å². The normalized spacial score (nSPS) is 21.2. The molecule has 1 aliphatic heterocycles. The molecule has 1 saturated heterocycles. The maximum absolute atomic E-state index is 12.4. The zero-order valence-electron chi connectivity index (χ0n) is 12.1. The van der Waals surface area contributed by atoms with Crippen LogP contribution < -0.4 is 11.1 Å². The number of nitrogens with one attached hydrogen (secondary N) is 1. The Morgan fingerprint density at radius 2 is 2.14 bits per heavy atom. The van der Waals surface area contributed by atoms with Crippen LogP contribution in [0.4, 0.5) is 0 Å². The molecule has 0 aromatic heterocycles. The Morgan fingerprint density at radius 1 is 1.43 bits per heavy atom. The number of aryl methyl sites for hydroxylation is 1. The standard InChI is InChI=1S/C16H20N2O2S/c1-12-4-5-13(3-2-8-17)15(11-12)16(19)18-14-6-9-21(20)10-7-14/h4-5,11,14H,6-10,17H2,1H3,(H,18,19). The van der Waals surface area contributed by atoms with Gasteiger partial charge < -0.3 is 11.1 Å². The number of rotatable bonds is 2. The second-order valence-corrected chi connectivity index (χ2v) is 6.85. The first-order chi connectivity index (χ1) is 10.1. The van der Waals surface area contributed by atoms with Crippen molar-refractivity contribution < 1.29 is 9.00 Å². The molecule has 0 aliphatic carbocycles. The van der Waals surface area contributed by atoms with Gasteiger partial charge in [-0.2, -0.15) is 0 Å².